The lowest BCUT2D eigenvalue weighted by molar-refractivity contribution is -0.384. The van der Waals surface area contributed by atoms with Gasteiger partial charge in [-0.15, -0.1) is 0 Å². The summed E-state index contributed by atoms with van der Waals surface area (Å²) in [7, 11) is 0. The number of nitrogens with zero attached hydrogens (tertiary/aromatic N) is 1. The van der Waals surface area contributed by atoms with E-state index in [0.717, 1.165) is 6.07 Å². The van der Waals surface area contributed by atoms with E-state index in [9.17, 15) is 14.5 Å². The summed E-state index contributed by atoms with van der Waals surface area (Å²) in [6, 6.07) is 2.32. The predicted octanol–water partition coefficient (Wildman–Crippen LogP) is 1.72. The average molecular weight is 383 g/mol. The summed E-state index contributed by atoms with van der Waals surface area (Å²) in [4.78, 5) is 10.3. The Labute approximate surface area is 123 Å². The molecule has 0 aliphatic rings. The molecule has 0 aliphatic carbocycles. The van der Waals surface area contributed by atoms with Gasteiger partial charge >= 0.3 is 0 Å². The number of rotatable bonds is 7. The van der Waals surface area contributed by atoms with E-state index in [-0.39, 0.29) is 14.9 Å². The first-order valence-corrected chi connectivity index (χ1v) is 6.75. The van der Waals surface area contributed by atoms with Crippen LogP contribution >= 0.6 is 22.6 Å². The predicted molar refractivity (Wildman–Crippen MR) is 78.8 cm³/mol. The molecule has 0 amide bonds. The summed E-state index contributed by atoms with van der Waals surface area (Å²) < 4.78 is 13.6. The van der Waals surface area contributed by atoms with Gasteiger partial charge in [-0.25, -0.2) is 4.39 Å². The smallest absolute Gasteiger partial charge is 0.293 e. The third-order valence-corrected chi connectivity index (χ3v) is 3.12. The number of hydrogen-bond acceptors (Lipinski definition) is 5. The van der Waals surface area contributed by atoms with Crippen molar-refractivity contribution in [3.8, 4) is 0 Å². The van der Waals surface area contributed by atoms with Gasteiger partial charge in [-0.1, -0.05) is 0 Å². The van der Waals surface area contributed by atoms with Crippen molar-refractivity contribution in [2.24, 2.45) is 0 Å². The lowest BCUT2D eigenvalue weighted by Crippen LogP contribution is -2.29. The third-order valence-electron chi connectivity index (χ3n) is 2.29. The average Bonchev–Trinajstić information content (AvgIpc) is 2.32. The van der Waals surface area contributed by atoms with Crippen LogP contribution in [0.25, 0.3) is 0 Å². The van der Waals surface area contributed by atoms with Crippen LogP contribution in [0, 0.1) is 19.5 Å². The Hall–Kier alpha value is -1.00. The number of aliphatic hydroxyl groups excluding tert-OH is 1. The highest BCUT2D eigenvalue weighted by Crippen LogP contribution is 2.28. The van der Waals surface area contributed by atoms with Gasteiger partial charge in [0.25, 0.3) is 5.69 Å². The Balaban J connectivity index is 2.62. The molecule has 1 atom stereocenters. The fourth-order valence-electron chi connectivity index (χ4n) is 1.43. The van der Waals surface area contributed by atoms with Gasteiger partial charge in [0.2, 0.25) is 0 Å². The van der Waals surface area contributed by atoms with E-state index in [4.69, 9.17) is 5.11 Å². The molecule has 8 heteroatoms. The first-order valence-electron chi connectivity index (χ1n) is 5.68. The molecule has 1 rings (SSSR count). The van der Waals surface area contributed by atoms with Gasteiger partial charge in [-0.3, -0.25) is 10.1 Å². The van der Waals surface area contributed by atoms with Gasteiger partial charge in [-0.2, -0.15) is 0 Å². The largest absolute Gasteiger partial charge is 0.392 e. The van der Waals surface area contributed by atoms with E-state index in [1.807, 2.05) is 0 Å². The maximum Gasteiger partial charge on any atom is 0.293 e. The van der Waals surface area contributed by atoms with Crippen LogP contribution in [-0.2, 0) is 0 Å². The number of hydrogen-bond donors (Lipinski definition) is 3. The number of nitrogens with one attached hydrogen (secondary N) is 2. The zero-order chi connectivity index (χ0) is 14.4. The Bertz CT molecular complexity index is 457. The normalized spacial score (nSPS) is 12.2. The molecule has 0 heterocycles. The summed E-state index contributed by atoms with van der Waals surface area (Å²) in [5.41, 5.74) is 0.00286. The molecule has 0 fully saturated rings. The minimum absolute atomic E-state index is 0.152. The number of nitro benzene ring substituents is 1. The summed E-state index contributed by atoms with van der Waals surface area (Å²) in [6.07, 6.45) is -0.454. The second kappa shape index (κ2) is 7.56. The second-order valence-corrected chi connectivity index (χ2v) is 5.18. The minimum Gasteiger partial charge on any atom is -0.392 e. The molecule has 1 unspecified atom stereocenters. The first-order chi connectivity index (χ1) is 8.91. The van der Waals surface area contributed by atoms with Gasteiger partial charge in [0.1, 0.15) is 11.5 Å². The number of nitro groups is 1. The second-order valence-electron chi connectivity index (χ2n) is 4.02. The van der Waals surface area contributed by atoms with Crippen LogP contribution in [0.4, 0.5) is 15.8 Å². The van der Waals surface area contributed by atoms with Crippen LogP contribution in [0.1, 0.15) is 6.92 Å². The highest BCUT2D eigenvalue weighted by molar-refractivity contribution is 14.1. The Morgan fingerprint density at radius 2 is 2.21 bits per heavy atom. The molecule has 0 radical (unpaired) electrons. The van der Waals surface area contributed by atoms with Gasteiger partial charge < -0.3 is 15.7 Å². The van der Waals surface area contributed by atoms with Gasteiger partial charge in [0.05, 0.1) is 14.6 Å². The van der Waals surface area contributed by atoms with E-state index in [1.54, 1.807) is 29.5 Å². The summed E-state index contributed by atoms with van der Waals surface area (Å²) in [5.74, 6) is -0.495. The first kappa shape index (κ1) is 16.1. The minimum atomic E-state index is -0.548. The standard InChI is InChI=1S/C11H15FIN3O3/c1-7(17)6-14-2-3-15-10-4-8(12)9(13)5-11(10)16(18)19/h4-5,7,14-15,17H,2-3,6H2,1H3. The molecular formula is C11H15FIN3O3. The fraction of sp³-hybridized carbons (Fsp3) is 0.455. The molecule has 19 heavy (non-hydrogen) atoms. The molecule has 6 nitrogen and oxygen atoms in total. The van der Waals surface area contributed by atoms with Crippen LogP contribution in [0.15, 0.2) is 12.1 Å². The summed E-state index contributed by atoms with van der Waals surface area (Å²) in [5, 5.41) is 25.6. The van der Waals surface area contributed by atoms with E-state index in [1.165, 1.54) is 6.07 Å². The van der Waals surface area contributed by atoms with E-state index < -0.39 is 16.8 Å². The maximum atomic E-state index is 13.4. The zero-order valence-corrected chi connectivity index (χ0v) is 12.5. The molecule has 3 N–H and O–H groups in total. The highest BCUT2D eigenvalue weighted by Gasteiger charge is 2.16. The van der Waals surface area contributed by atoms with Crippen LogP contribution < -0.4 is 10.6 Å². The lowest BCUT2D eigenvalue weighted by atomic mass is 10.2. The monoisotopic (exact) mass is 383 g/mol. The molecule has 106 valence electrons. The van der Waals surface area contributed by atoms with Crippen LogP contribution in [0.2, 0.25) is 0 Å². The van der Waals surface area contributed by atoms with Crippen molar-refractivity contribution in [2.75, 3.05) is 25.0 Å². The van der Waals surface area contributed by atoms with Crippen molar-refractivity contribution >= 4 is 34.0 Å². The quantitative estimate of drug-likeness (QED) is 0.289. The number of anilines is 1. The number of halogens is 2. The SMILES string of the molecule is CC(O)CNCCNc1cc(F)c(I)cc1[N+](=O)[O-]. The molecule has 0 aromatic heterocycles. The highest BCUT2D eigenvalue weighted by atomic mass is 127. The van der Waals surface area contributed by atoms with E-state index in [0.29, 0.717) is 19.6 Å². The van der Waals surface area contributed by atoms with Crippen molar-refractivity contribution in [2.45, 2.75) is 13.0 Å². The van der Waals surface area contributed by atoms with Crippen LogP contribution in [0.5, 0.6) is 0 Å². The molecule has 1 aromatic rings. The number of aliphatic hydroxyl groups is 1. The van der Waals surface area contributed by atoms with Crippen LogP contribution in [-0.4, -0.2) is 35.8 Å². The van der Waals surface area contributed by atoms with E-state index in [2.05, 4.69) is 10.6 Å². The molecular weight excluding hydrogens is 368 g/mol. The van der Waals surface area contributed by atoms with Crippen molar-refractivity contribution in [3.05, 3.63) is 31.6 Å². The van der Waals surface area contributed by atoms with E-state index >= 15 is 0 Å². The third kappa shape index (κ3) is 5.25. The zero-order valence-electron chi connectivity index (χ0n) is 10.3. The number of benzene rings is 1. The van der Waals surface area contributed by atoms with Crippen molar-refractivity contribution in [1.29, 1.82) is 0 Å². The molecule has 0 aliphatic heterocycles. The fourth-order valence-corrected chi connectivity index (χ4v) is 1.88. The molecule has 0 bridgehead atoms. The van der Waals surface area contributed by atoms with Gasteiger partial charge in [0, 0.05) is 31.8 Å². The lowest BCUT2D eigenvalue weighted by Gasteiger charge is -2.10. The molecule has 0 saturated heterocycles. The van der Waals surface area contributed by atoms with Gasteiger partial charge in [0.15, 0.2) is 0 Å². The van der Waals surface area contributed by atoms with Crippen molar-refractivity contribution in [3.63, 3.8) is 0 Å². The summed E-state index contributed by atoms with van der Waals surface area (Å²) in [6.45, 7) is 2.99. The topological polar surface area (TPSA) is 87.4 Å². The maximum absolute atomic E-state index is 13.4. The summed E-state index contributed by atoms with van der Waals surface area (Å²) >= 11 is 1.71. The Morgan fingerprint density at radius 1 is 1.53 bits per heavy atom. The Morgan fingerprint density at radius 3 is 2.79 bits per heavy atom. The van der Waals surface area contributed by atoms with Crippen molar-refractivity contribution in [1.82, 2.24) is 5.32 Å². The molecule has 1 aromatic carbocycles. The van der Waals surface area contributed by atoms with Crippen LogP contribution in [0.3, 0.4) is 0 Å². The van der Waals surface area contributed by atoms with Gasteiger partial charge in [-0.05, 0) is 29.5 Å². The molecule has 0 saturated carbocycles. The van der Waals surface area contributed by atoms with Crippen molar-refractivity contribution < 1.29 is 14.4 Å². The Kier molecular flexibility index (Phi) is 6.38. The molecule has 0 spiro atoms.